The highest BCUT2D eigenvalue weighted by Crippen LogP contribution is 2.60. The number of hydrogen-bond acceptors (Lipinski definition) is 4. The van der Waals surface area contributed by atoms with Gasteiger partial charge in [-0.15, -0.1) is 0 Å². The highest BCUT2D eigenvalue weighted by atomic mass is 32.2. The molecule has 0 unspecified atom stereocenters. The van der Waals surface area contributed by atoms with Crippen LogP contribution in [0.4, 0.5) is 0 Å². The largest absolute Gasteiger partial charge is 0.447 e. The second-order valence-electron chi connectivity index (χ2n) is 6.72. The van der Waals surface area contributed by atoms with Gasteiger partial charge in [0.15, 0.2) is 0 Å². The van der Waals surface area contributed by atoms with Gasteiger partial charge < -0.3 is 9.73 Å². The van der Waals surface area contributed by atoms with E-state index in [4.69, 9.17) is 4.42 Å². The van der Waals surface area contributed by atoms with Gasteiger partial charge in [-0.1, -0.05) is 13.8 Å². The van der Waals surface area contributed by atoms with Crippen LogP contribution < -0.4 is 10.0 Å². The molecule has 21 heavy (non-hydrogen) atoms. The number of hydrogen-bond donors (Lipinski definition) is 2. The van der Waals surface area contributed by atoms with Crippen LogP contribution in [0.3, 0.4) is 0 Å². The van der Waals surface area contributed by atoms with E-state index in [0.717, 1.165) is 18.8 Å². The van der Waals surface area contributed by atoms with Crippen LogP contribution in [0, 0.1) is 11.3 Å². The molecule has 3 rings (SSSR count). The van der Waals surface area contributed by atoms with Crippen LogP contribution in [0.1, 0.15) is 45.3 Å². The highest BCUT2D eigenvalue weighted by molar-refractivity contribution is 7.89. The SMILES string of the molecule is CC(C)NCc1ccc(S(=O)(=O)NCC2(C3CC3)CC2)o1. The third-order valence-corrected chi connectivity index (χ3v) is 5.81. The summed E-state index contributed by atoms with van der Waals surface area (Å²) in [5.74, 6) is 1.38. The molecule has 1 heterocycles. The molecule has 118 valence electrons. The van der Waals surface area contributed by atoms with Gasteiger partial charge in [-0.05, 0) is 49.1 Å². The zero-order valence-electron chi connectivity index (χ0n) is 12.7. The summed E-state index contributed by atoms with van der Waals surface area (Å²) in [6.07, 6.45) is 4.82. The predicted molar refractivity (Wildman–Crippen MR) is 80.3 cm³/mol. The van der Waals surface area contributed by atoms with Gasteiger partial charge in [-0.25, -0.2) is 13.1 Å². The molecule has 0 atom stereocenters. The molecule has 1 aromatic heterocycles. The first-order chi connectivity index (χ1) is 9.91. The first-order valence-corrected chi connectivity index (χ1v) is 9.21. The summed E-state index contributed by atoms with van der Waals surface area (Å²) in [5.41, 5.74) is 0.252. The zero-order valence-corrected chi connectivity index (χ0v) is 13.5. The molecule has 0 amide bonds. The standard InChI is InChI=1S/C15H24N2O3S/c1-11(2)16-9-13-5-6-14(20-13)21(18,19)17-10-15(7-8-15)12-3-4-12/h5-6,11-12,16-17H,3-4,7-10H2,1-2H3. The smallest absolute Gasteiger partial charge is 0.273 e. The van der Waals surface area contributed by atoms with Crippen molar-refractivity contribution in [3.05, 3.63) is 17.9 Å². The summed E-state index contributed by atoms with van der Waals surface area (Å²) in [4.78, 5) is 0. The molecule has 0 bridgehead atoms. The van der Waals surface area contributed by atoms with Gasteiger partial charge in [0.05, 0.1) is 6.54 Å². The van der Waals surface area contributed by atoms with Gasteiger partial charge in [0, 0.05) is 12.6 Å². The lowest BCUT2D eigenvalue weighted by Gasteiger charge is -2.14. The zero-order chi connectivity index (χ0) is 15.1. The predicted octanol–water partition coefficient (Wildman–Crippen LogP) is 2.25. The number of rotatable bonds is 8. The minimum atomic E-state index is -3.52. The molecule has 0 aliphatic heterocycles. The maximum Gasteiger partial charge on any atom is 0.273 e. The van der Waals surface area contributed by atoms with E-state index in [1.807, 2.05) is 13.8 Å². The lowest BCUT2D eigenvalue weighted by molar-refractivity contribution is 0.387. The molecule has 2 aliphatic carbocycles. The molecule has 5 nitrogen and oxygen atoms in total. The van der Waals surface area contributed by atoms with Crippen LogP contribution in [0.5, 0.6) is 0 Å². The number of sulfonamides is 1. The molecule has 6 heteroatoms. The van der Waals surface area contributed by atoms with Gasteiger partial charge in [-0.3, -0.25) is 0 Å². The van der Waals surface area contributed by atoms with Crippen molar-refractivity contribution in [2.75, 3.05) is 6.54 Å². The summed E-state index contributed by atoms with van der Waals surface area (Å²) in [6.45, 7) is 5.17. The second-order valence-corrected chi connectivity index (χ2v) is 8.42. The molecule has 2 aliphatic rings. The Labute approximate surface area is 126 Å². The maximum atomic E-state index is 12.3. The Morgan fingerprint density at radius 2 is 2.05 bits per heavy atom. The van der Waals surface area contributed by atoms with Crippen LogP contribution in [-0.4, -0.2) is 21.0 Å². The van der Waals surface area contributed by atoms with Crippen molar-refractivity contribution in [2.45, 2.75) is 57.2 Å². The van der Waals surface area contributed by atoms with Crippen molar-refractivity contribution in [1.29, 1.82) is 0 Å². The second kappa shape index (κ2) is 5.41. The van der Waals surface area contributed by atoms with Crippen LogP contribution in [-0.2, 0) is 16.6 Å². The van der Waals surface area contributed by atoms with Crippen molar-refractivity contribution in [3.63, 3.8) is 0 Å². The molecular weight excluding hydrogens is 288 g/mol. The van der Waals surface area contributed by atoms with Gasteiger partial charge >= 0.3 is 0 Å². The van der Waals surface area contributed by atoms with E-state index >= 15 is 0 Å². The monoisotopic (exact) mass is 312 g/mol. The Balaban J connectivity index is 1.59. The first-order valence-electron chi connectivity index (χ1n) is 7.73. The van der Waals surface area contributed by atoms with E-state index in [2.05, 4.69) is 10.0 Å². The van der Waals surface area contributed by atoms with Gasteiger partial charge in [0.2, 0.25) is 5.09 Å². The van der Waals surface area contributed by atoms with Gasteiger partial charge in [-0.2, -0.15) is 0 Å². The van der Waals surface area contributed by atoms with Crippen LogP contribution in [0.15, 0.2) is 21.6 Å². The average molecular weight is 312 g/mol. The van der Waals surface area contributed by atoms with E-state index < -0.39 is 10.0 Å². The highest BCUT2D eigenvalue weighted by Gasteiger charge is 2.53. The number of nitrogens with one attached hydrogen (secondary N) is 2. The normalized spacial score (nSPS) is 20.9. The fraction of sp³-hybridized carbons (Fsp3) is 0.733. The molecular formula is C15H24N2O3S. The van der Waals surface area contributed by atoms with E-state index in [-0.39, 0.29) is 10.5 Å². The molecule has 1 aromatic rings. The summed E-state index contributed by atoms with van der Waals surface area (Å²) < 4.78 is 32.7. The van der Waals surface area contributed by atoms with E-state index in [0.29, 0.717) is 24.9 Å². The molecule has 0 radical (unpaired) electrons. The molecule has 2 N–H and O–H groups in total. The van der Waals surface area contributed by atoms with Crippen molar-refractivity contribution in [2.24, 2.45) is 11.3 Å². The fourth-order valence-corrected chi connectivity index (χ4v) is 3.88. The Bertz CT molecular complexity index is 598. The maximum absolute atomic E-state index is 12.3. The van der Waals surface area contributed by atoms with Crippen molar-refractivity contribution >= 4 is 10.0 Å². The van der Waals surface area contributed by atoms with Crippen molar-refractivity contribution < 1.29 is 12.8 Å². The molecule has 2 saturated carbocycles. The molecule has 0 spiro atoms. The average Bonchev–Trinajstić information content (AvgIpc) is 3.32. The van der Waals surface area contributed by atoms with Crippen LogP contribution >= 0.6 is 0 Å². The fourth-order valence-electron chi connectivity index (χ4n) is 2.80. The Hall–Kier alpha value is -0.850. The van der Waals surface area contributed by atoms with Gasteiger partial charge in [0.1, 0.15) is 5.76 Å². The van der Waals surface area contributed by atoms with Crippen LogP contribution in [0.25, 0.3) is 0 Å². The van der Waals surface area contributed by atoms with Gasteiger partial charge in [0.25, 0.3) is 10.0 Å². The third-order valence-electron chi connectivity index (χ3n) is 4.54. The van der Waals surface area contributed by atoms with E-state index in [9.17, 15) is 8.42 Å². The molecule has 0 saturated heterocycles. The lowest BCUT2D eigenvalue weighted by atomic mass is 10.0. The summed E-state index contributed by atoms with van der Waals surface area (Å²) in [6, 6.07) is 3.59. The molecule has 2 fully saturated rings. The van der Waals surface area contributed by atoms with Crippen molar-refractivity contribution in [1.82, 2.24) is 10.0 Å². The van der Waals surface area contributed by atoms with E-state index in [1.165, 1.54) is 18.9 Å². The Kier molecular flexibility index (Phi) is 3.88. The quantitative estimate of drug-likeness (QED) is 0.772. The lowest BCUT2D eigenvalue weighted by Crippen LogP contribution is -2.31. The first kappa shape index (κ1) is 15.1. The topological polar surface area (TPSA) is 71.3 Å². The minimum Gasteiger partial charge on any atom is -0.447 e. The van der Waals surface area contributed by atoms with Crippen LogP contribution in [0.2, 0.25) is 0 Å². The minimum absolute atomic E-state index is 0.0228. The van der Waals surface area contributed by atoms with E-state index in [1.54, 1.807) is 6.07 Å². The third kappa shape index (κ3) is 3.49. The Morgan fingerprint density at radius 1 is 1.33 bits per heavy atom. The molecule has 0 aromatic carbocycles. The van der Waals surface area contributed by atoms with Crippen molar-refractivity contribution in [3.8, 4) is 0 Å². The summed E-state index contributed by atoms with van der Waals surface area (Å²) >= 11 is 0. The summed E-state index contributed by atoms with van der Waals surface area (Å²) in [7, 11) is -3.52. The summed E-state index contributed by atoms with van der Waals surface area (Å²) in [5, 5.41) is 3.23. The Morgan fingerprint density at radius 3 is 2.62 bits per heavy atom. The number of furan rings is 1.